The number of benzene rings is 1. The number of hydrogen-bond acceptors (Lipinski definition) is 4. The Morgan fingerprint density at radius 2 is 2.04 bits per heavy atom. The van der Waals surface area contributed by atoms with E-state index in [9.17, 15) is 4.79 Å². The summed E-state index contributed by atoms with van der Waals surface area (Å²) < 4.78 is 6.96. The number of nitrogens with one attached hydrogen (secondary N) is 1. The number of furan rings is 1. The molecule has 134 valence electrons. The lowest BCUT2D eigenvalue weighted by Gasteiger charge is -2.11. The minimum absolute atomic E-state index is 0.269. The number of anilines is 1. The van der Waals surface area contributed by atoms with Crippen molar-refractivity contribution in [2.24, 2.45) is 0 Å². The van der Waals surface area contributed by atoms with E-state index in [1.54, 1.807) is 60.5 Å². The van der Waals surface area contributed by atoms with E-state index in [1.807, 2.05) is 18.2 Å². The Morgan fingerprint density at radius 1 is 1.15 bits per heavy atom. The zero-order chi connectivity index (χ0) is 18.8. The lowest BCUT2D eigenvalue weighted by molar-refractivity contribution is 0.102. The second-order valence-electron chi connectivity index (χ2n) is 5.87. The summed E-state index contributed by atoms with van der Waals surface area (Å²) in [5, 5.41) is 7.73. The maximum atomic E-state index is 12.7. The normalized spacial score (nSPS) is 10.7. The fourth-order valence-electron chi connectivity index (χ4n) is 2.76. The summed E-state index contributed by atoms with van der Waals surface area (Å²) in [7, 11) is 0. The van der Waals surface area contributed by atoms with Crippen LogP contribution in [0.5, 0.6) is 0 Å². The van der Waals surface area contributed by atoms with E-state index < -0.39 is 0 Å². The Labute approximate surface area is 160 Å². The molecule has 3 aromatic heterocycles. The zero-order valence-corrected chi connectivity index (χ0v) is 15.1. The number of carbonyl (C=O) groups excluding carboxylic acids is 1. The van der Waals surface area contributed by atoms with Gasteiger partial charge in [-0.15, -0.1) is 0 Å². The van der Waals surface area contributed by atoms with Gasteiger partial charge in [-0.05, 0) is 49.4 Å². The van der Waals surface area contributed by atoms with Gasteiger partial charge in [0.2, 0.25) is 0 Å². The van der Waals surface area contributed by atoms with Crippen LogP contribution in [0, 0.1) is 6.92 Å². The Kier molecular flexibility index (Phi) is 4.48. The number of aryl methyl sites for hydroxylation is 1. The van der Waals surface area contributed by atoms with Crippen LogP contribution in [0.3, 0.4) is 0 Å². The summed E-state index contributed by atoms with van der Waals surface area (Å²) in [6.45, 7) is 1.79. The third-order valence-electron chi connectivity index (χ3n) is 4.04. The second-order valence-corrected chi connectivity index (χ2v) is 6.31. The summed E-state index contributed by atoms with van der Waals surface area (Å²) in [5.41, 5.74) is 2.52. The third-order valence-corrected chi connectivity index (χ3v) is 4.28. The van der Waals surface area contributed by atoms with Crippen LogP contribution in [-0.2, 0) is 0 Å². The zero-order valence-electron chi connectivity index (χ0n) is 14.4. The minimum Gasteiger partial charge on any atom is -0.463 e. The van der Waals surface area contributed by atoms with Crippen molar-refractivity contribution in [3.63, 3.8) is 0 Å². The van der Waals surface area contributed by atoms with Gasteiger partial charge >= 0.3 is 0 Å². The first-order chi connectivity index (χ1) is 13.1. The molecule has 0 aliphatic rings. The number of amides is 1. The Bertz CT molecular complexity index is 1100. The molecule has 0 atom stereocenters. The van der Waals surface area contributed by atoms with Crippen LogP contribution >= 0.6 is 11.6 Å². The predicted molar refractivity (Wildman–Crippen MR) is 103 cm³/mol. The summed E-state index contributed by atoms with van der Waals surface area (Å²) >= 11 is 6.05. The number of pyridine rings is 1. The molecular weight excluding hydrogens is 364 g/mol. The molecule has 0 unspecified atom stereocenters. The molecule has 0 aliphatic heterocycles. The third kappa shape index (κ3) is 3.47. The molecule has 4 aromatic rings. The van der Waals surface area contributed by atoms with Gasteiger partial charge in [0.1, 0.15) is 11.5 Å². The quantitative estimate of drug-likeness (QED) is 0.556. The summed E-state index contributed by atoms with van der Waals surface area (Å²) in [6, 6.07) is 16.1. The van der Waals surface area contributed by atoms with Crippen molar-refractivity contribution in [2.45, 2.75) is 6.92 Å². The lowest BCUT2D eigenvalue weighted by atomic mass is 10.1. The molecule has 0 saturated carbocycles. The van der Waals surface area contributed by atoms with Gasteiger partial charge in [0.15, 0.2) is 5.76 Å². The van der Waals surface area contributed by atoms with Crippen molar-refractivity contribution in [3.8, 4) is 17.1 Å². The predicted octanol–water partition coefficient (Wildman–Crippen LogP) is 4.74. The molecule has 0 aliphatic carbocycles. The molecule has 0 saturated heterocycles. The number of carbonyl (C=O) groups is 1. The Hall–Kier alpha value is -3.38. The molecule has 7 heteroatoms. The summed E-state index contributed by atoms with van der Waals surface area (Å²) in [5.74, 6) is 0.927. The van der Waals surface area contributed by atoms with Gasteiger partial charge in [-0.3, -0.25) is 4.79 Å². The fourth-order valence-corrected chi connectivity index (χ4v) is 2.94. The van der Waals surface area contributed by atoms with Gasteiger partial charge in [0.25, 0.3) is 5.91 Å². The van der Waals surface area contributed by atoms with Gasteiger partial charge in [-0.25, -0.2) is 9.67 Å². The molecule has 27 heavy (non-hydrogen) atoms. The molecule has 6 nitrogen and oxygen atoms in total. The molecular formula is C20H15ClN4O2. The number of rotatable bonds is 4. The highest BCUT2D eigenvalue weighted by Crippen LogP contribution is 2.22. The molecule has 3 heterocycles. The van der Waals surface area contributed by atoms with E-state index in [0.717, 1.165) is 5.69 Å². The minimum atomic E-state index is -0.269. The van der Waals surface area contributed by atoms with Gasteiger partial charge < -0.3 is 9.73 Å². The van der Waals surface area contributed by atoms with Gasteiger partial charge in [0, 0.05) is 11.1 Å². The average molecular weight is 379 g/mol. The molecule has 0 spiro atoms. The van der Waals surface area contributed by atoms with Crippen molar-refractivity contribution >= 4 is 23.3 Å². The van der Waals surface area contributed by atoms with E-state index >= 15 is 0 Å². The van der Waals surface area contributed by atoms with E-state index in [0.29, 0.717) is 33.6 Å². The monoisotopic (exact) mass is 378 g/mol. The van der Waals surface area contributed by atoms with Crippen LogP contribution in [0.25, 0.3) is 17.1 Å². The van der Waals surface area contributed by atoms with Crippen LogP contribution in [0.15, 0.2) is 71.5 Å². The van der Waals surface area contributed by atoms with E-state index in [-0.39, 0.29) is 5.91 Å². The van der Waals surface area contributed by atoms with Crippen molar-refractivity contribution in [1.82, 2.24) is 14.8 Å². The molecule has 4 rings (SSSR count). The number of aromatic nitrogens is 3. The number of nitrogens with zero attached hydrogens (tertiary/aromatic N) is 3. The van der Waals surface area contributed by atoms with Gasteiger partial charge in [-0.1, -0.05) is 17.7 Å². The van der Waals surface area contributed by atoms with Crippen molar-refractivity contribution in [1.29, 1.82) is 0 Å². The fraction of sp³-hybridized carbons (Fsp3) is 0.0500. The molecule has 1 N–H and O–H groups in total. The van der Waals surface area contributed by atoms with E-state index in [1.165, 1.54) is 0 Å². The second kappa shape index (κ2) is 7.09. The first-order valence-electron chi connectivity index (χ1n) is 8.24. The van der Waals surface area contributed by atoms with Crippen LogP contribution < -0.4 is 5.32 Å². The van der Waals surface area contributed by atoms with Crippen LogP contribution in [-0.4, -0.2) is 20.7 Å². The van der Waals surface area contributed by atoms with Crippen LogP contribution in [0.2, 0.25) is 5.02 Å². The largest absolute Gasteiger partial charge is 0.463 e. The summed E-state index contributed by atoms with van der Waals surface area (Å²) in [6.07, 6.45) is 3.20. The van der Waals surface area contributed by atoms with Crippen LogP contribution in [0.1, 0.15) is 16.1 Å². The number of hydrogen-bond donors (Lipinski definition) is 1. The molecule has 0 radical (unpaired) electrons. The standard InChI is InChI=1S/C20H15ClN4O2/c1-13-16(7-8-17(23-13)18-6-3-11-27-18)20(26)24-19-9-10-22-25(19)15-5-2-4-14(21)12-15/h2-12H,1H3,(H,24,26). The van der Waals surface area contributed by atoms with Crippen molar-refractivity contribution in [3.05, 3.63) is 83.3 Å². The van der Waals surface area contributed by atoms with E-state index in [2.05, 4.69) is 15.4 Å². The smallest absolute Gasteiger partial charge is 0.258 e. The molecule has 0 fully saturated rings. The lowest BCUT2D eigenvalue weighted by Crippen LogP contribution is -2.17. The molecule has 1 aromatic carbocycles. The van der Waals surface area contributed by atoms with Crippen LogP contribution in [0.4, 0.5) is 5.82 Å². The first kappa shape index (κ1) is 17.1. The molecule has 0 bridgehead atoms. The van der Waals surface area contributed by atoms with Gasteiger partial charge in [0.05, 0.1) is 29.4 Å². The topological polar surface area (TPSA) is 73.0 Å². The first-order valence-corrected chi connectivity index (χ1v) is 8.62. The van der Waals surface area contributed by atoms with E-state index in [4.69, 9.17) is 16.0 Å². The highest BCUT2D eigenvalue weighted by Gasteiger charge is 2.15. The SMILES string of the molecule is Cc1nc(-c2ccco2)ccc1C(=O)Nc1ccnn1-c1cccc(Cl)c1. The Balaban J connectivity index is 1.60. The van der Waals surface area contributed by atoms with Crippen molar-refractivity contribution in [2.75, 3.05) is 5.32 Å². The highest BCUT2D eigenvalue weighted by atomic mass is 35.5. The average Bonchev–Trinajstić information content (AvgIpc) is 3.33. The van der Waals surface area contributed by atoms with Gasteiger partial charge in [-0.2, -0.15) is 5.10 Å². The maximum absolute atomic E-state index is 12.7. The summed E-state index contributed by atoms with van der Waals surface area (Å²) in [4.78, 5) is 17.2. The maximum Gasteiger partial charge on any atom is 0.258 e. The Morgan fingerprint density at radius 3 is 2.78 bits per heavy atom. The van der Waals surface area contributed by atoms with Crippen molar-refractivity contribution < 1.29 is 9.21 Å². The highest BCUT2D eigenvalue weighted by molar-refractivity contribution is 6.30. The number of halogens is 1. The molecule has 1 amide bonds.